The molecule has 5 heteroatoms. The zero-order valence-corrected chi connectivity index (χ0v) is 47.4. The third kappa shape index (κ3) is 59.4. The van der Waals surface area contributed by atoms with E-state index < -0.39 is 6.10 Å². The Morgan fingerprint density at radius 3 is 0.833 bits per heavy atom. The number of aliphatic hydroxyl groups excluding tert-OH is 1. The Morgan fingerprint density at radius 1 is 0.319 bits per heavy atom. The maximum absolute atomic E-state index is 12.3. The number of rotatable bonds is 56. The van der Waals surface area contributed by atoms with Crippen LogP contribution in [0.3, 0.4) is 0 Å². The number of ether oxygens (including phenoxy) is 2. The average molecular weight is 1000 g/mol. The molecular weight excluding hydrogens is 885 g/mol. The molecule has 0 saturated heterocycles. The molecule has 0 aliphatic rings. The van der Waals surface area contributed by atoms with Gasteiger partial charge >= 0.3 is 11.9 Å². The second kappa shape index (κ2) is 62.1. The Labute approximate surface area is 447 Å². The molecule has 0 radical (unpaired) electrons. The average Bonchev–Trinajstić information content (AvgIpc) is 3.38. The fourth-order valence-corrected chi connectivity index (χ4v) is 8.83. The lowest BCUT2D eigenvalue weighted by Crippen LogP contribution is -2.28. The van der Waals surface area contributed by atoms with Gasteiger partial charge in [-0.3, -0.25) is 9.59 Å². The van der Waals surface area contributed by atoms with E-state index in [0.717, 1.165) is 103 Å². The van der Waals surface area contributed by atoms with Gasteiger partial charge in [0.15, 0.2) is 6.10 Å². The molecular formula is C67H116O5. The number of hydrogen-bond acceptors (Lipinski definition) is 5. The van der Waals surface area contributed by atoms with Crippen molar-refractivity contribution in [2.75, 3.05) is 13.2 Å². The van der Waals surface area contributed by atoms with Gasteiger partial charge in [-0.1, -0.05) is 291 Å². The highest BCUT2D eigenvalue weighted by molar-refractivity contribution is 5.70. The van der Waals surface area contributed by atoms with Crippen LogP contribution in [0.5, 0.6) is 0 Å². The molecule has 0 aromatic carbocycles. The first kappa shape index (κ1) is 68.8. The highest BCUT2D eigenvalue weighted by Gasteiger charge is 2.16. The summed E-state index contributed by atoms with van der Waals surface area (Å²) in [5, 5.41) is 9.65. The number of hydrogen-bond donors (Lipinski definition) is 1. The van der Waals surface area contributed by atoms with Crippen molar-refractivity contribution < 1.29 is 24.2 Å². The molecule has 0 heterocycles. The predicted molar refractivity (Wildman–Crippen MR) is 316 cm³/mol. The van der Waals surface area contributed by atoms with Gasteiger partial charge < -0.3 is 14.6 Å². The predicted octanol–water partition coefficient (Wildman–Crippen LogP) is 21.1. The molecule has 0 bridgehead atoms. The summed E-state index contributed by atoms with van der Waals surface area (Å²) in [6, 6.07) is 0. The van der Waals surface area contributed by atoms with Gasteiger partial charge in [0.05, 0.1) is 6.61 Å². The van der Waals surface area contributed by atoms with E-state index in [1.54, 1.807) is 0 Å². The second-order valence-electron chi connectivity index (χ2n) is 20.4. The molecule has 0 aromatic heterocycles. The summed E-state index contributed by atoms with van der Waals surface area (Å²) in [7, 11) is 0. The third-order valence-electron chi connectivity index (χ3n) is 13.4. The van der Waals surface area contributed by atoms with Crippen molar-refractivity contribution in [3.63, 3.8) is 0 Å². The molecule has 0 spiro atoms. The van der Waals surface area contributed by atoms with Gasteiger partial charge in [-0.25, -0.2) is 0 Å². The maximum atomic E-state index is 12.3. The highest BCUT2D eigenvalue weighted by Crippen LogP contribution is 2.17. The first-order valence-electron chi connectivity index (χ1n) is 30.8. The van der Waals surface area contributed by atoms with Crippen LogP contribution in [0.4, 0.5) is 0 Å². The van der Waals surface area contributed by atoms with Gasteiger partial charge in [-0.05, 0) is 89.9 Å². The van der Waals surface area contributed by atoms with E-state index in [4.69, 9.17) is 9.47 Å². The first-order chi connectivity index (χ1) is 35.6. The van der Waals surface area contributed by atoms with Crippen molar-refractivity contribution in [2.45, 2.75) is 302 Å². The fraction of sp³-hybridized carbons (Fsp3) is 0.731. The van der Waals surface area contributed by atoms with E-state index in [2.05, 4.69) is 111 Å². The number of carbonyl (C=O) groups is 2. The smallest absolute Gasteiger partial charge is 0.306 e. The van der Waals surface area contributed by atoms with E-state index in [9.17, 15) is 14.7 Å². The zero-order valence-electron chi connectivity index (χ0n) is 47.4. The normalized spacial score (nSPS) is 12.9. The van der Waals surface area contributed by atoms with Crippen LogP contribution in [0, 0.1) is 0 Å². The van der Waals surface area contributed by atoms with Crippen molar-refractivity contribution in [2.24, 2.45) is 0 Å². The van der Waals surface area contributed by atoms with Crippen molar-refractivity contribution >= 4 is 11.9 Å². The Balaban J connectivity index is 3.41. The maximum Gasteiger partial charge on any atom is 0.306 e. The first-order valence-corrected chi connectivity index (χ1v) is 30.8. The van der Waals surface area contributed by atoms with E-state index in [1.807, 2.05) is 0 Å². The molecule has 0 fully saturated rings. The summed E-state index contributed by atoms with van der Waals surface area (Å²) in [6.07, 6.45) is 88.5. The largest absolute Gasteiger partial charge is 0.462 e. The van der Waals surface area contributed by atoms with Crippen LogP contribution >= 0.6 is 0 Å². The summed E-state index contributed by atoms with van der Waals surface area (Å²) in [4.78, 5) is 24.5. The Bertz CT molecular complexity index is 1360. The van der Waals surface area contributed by atoms with Crippen LogP contribution in [0.25, 0.3) is 0 Å². The molecule has 0 aliphatic heterocycles. The Kier molecular flexibility index (Phi) is 59.4. The molecule has 0 rings (SSSR count). The van der Waals surface area contributed by atoms with Gasteiger partial charge in [0, 0.05) is 12.8 Å². The van der Waals surface area contributed by atoms with E-state index in [1.165, 1.54) is 167 Å². The summed E-state index contributed by atoms with van der Waals surface area (Å²) >= 11 is 0. The molecule has 72 heavy (non-hydrogen) atoms. The summed E-state index contributed by atoms with van der Waals surface area (Å²) in [5.41, 5.74) is 0. The standard InChI is InChI=1S/C67H116O5/c1-3-5-7-9-11-13-15-17-19-21-22-23-24-25-26-27-28-29-30-31-32-33-34-35-36-37-38-39-40-41-42-43-44-46-48-50-52-54-56-58-60-62-67(70)72-65(63-68)64-71-66(69)61-59-57-55-53-51-49-47-45-20-18-16-14-12-10-8-6-4-2/h5-8,11-14,17-20,22-23,47,49,65,68H,3-4,9-10,15-16,21,24-46,48,50-64H2,1-2H3/b7-5-,8-6-,13-11-,14-12-,19-17-,20-18-,23-22-,49-47-. The van der Waals surface area contributed by atoms with Crippen LogP contribution in [0.15, 0.2) is 97.2 Å². The fourth-order valence-electron chi connectivity index (χ4n) is 8.83. The number of carbonyl (C=O) groups excluding carboxylic acids is 2. The lowest BCUT2D eigenvalue weighted by molar-refractivity contribution is -0.161. The molecule has 0 aliphatic carbocycles. The third-order valence-corrected chi connectivity index (χ3v) is 13.4. The van der Waals surface area contributed by atoms with Gasteiger partial charge in [0.2, 0.25) is 0 Å². The lowest BCUT2D eigenvalue weighted by Gasteiger charge is -2.15. The van der Waals surface area contributed by atoms with Crippen LogP contribution < -0.4 is 0 Å². The molecule has 1 N–H and O–H groups in total. The zero-order chi connectivity index (χ0) is 52.0. The molecule has 0 aromatic rings. The summed E-state index contributed by atoms with van der Waals surface area (Å²) in [6.45, 7) is 3.91. The number of unbranched alkanes of at least 4 members (excludes halogenated alkanes) is 32. The minimum Gasteiger partial charge on any atom is -0.462 e. The quantitative estimate of drug-likeness (QED) is 0.0373. The van der Waals surface area contributed by atoms with E-state index in [0.29, 0.717) is 12.8 Å². The summed E-state index contributed by atoms with van der Waals surface area (Å²) in [5.74, 6) is -0.611. The van der Waals surface area contributed by atoms with Crippen molar-refractivity contribution in [3.8, 4) is 0 Å². The second-order valence-corrected chi connectivity index (χ2v) is 20.4. The van der Waals surface area contributed by atoms with Gasteiger partial charge in [-0.15, -0.1) is 0 Å². The van der Waals surface area contributed by atoms with Crippen LogP contribution in [0.2, 0.25) is 0 Å². The molecule has 414 valence electrons. The molecule has 0 amide bonds. The molecule has 1 atom stereocenters. The Morgan fingerprint density at radius 2 is 0.556 bits per heavy atom. The minimum absolute atomic E-state index is 0.0793. The van der Waals surface area contributed by atoms with Gasteiger partial charge in [0.1, 0.15) is 6.61 Å². The van der Waals surface area contributed by atoms with Crippen molar-refractivity contribution in [3.05, 3.63) is 97.2 Å². The molecule has 1 unspecified atom stereocenters. The number of esters is 2. The van der Waals surface area contributed by atoms with Crippen LogP contribution in [0.1, 0.15) is 296 Å². The van der Waals surface area contributed by atoms with E-state index >= 15 is 0 Å². The molecule has 0 saturated carbocycles. The van der Waals surface area contributed by atoms with Gasteiger partial charge in [-0.2, -0.15) is 0 Å². The number of allylic oxidation sites excluding steroid dienone is 16. The monoisotopic (exact) mass is 1000 g/mol. The SMILES string of the molecule is CC/C=C\C/C=C\C/C=C\C/C=C\CCCCCCCCCCCCCCCCCCCCCCCCCCCCCCC(=O)OC(CO)COC(=O)CCCCCC/C=C\C/C=C\C/C=C\C/C=C\CC. The minimum atomic E-state index is -0.785. The van der Waals surface area contributed by atoms with Crippen LogP contribution in [-0.4, -0.2) is 36.4 Å². The summed E-state index contributed by atoms with van der Waals surface area (Å²) < 4.78 is 10.7. The van der Waals surface area contributed by atoms with E-state index in [-0.39, 0.29) is 25.2 Å². The lowest BCUT2D eigenvalue weighted by atomic mass is 10.0. The van der Waals surface area contributed by atoms with Crippen molar-refractivity contribution in [1.29, 1.82) is 0 Å². The highest BCUT2D eigenvalue weighted by atomic mass is 16.6. The van der Waals surface area contributed by atoms with Crippen molar-refractivity contribution in [1.82, 2.24) is 0 Å². The Hall–Kier alpha value is -3.18. The topological polar surface area (TPSA) is 72.8 Å². The molecule has 5 nitrogen and oxygen atoms in total. The van der Waals surface area contributed by atoms with Gasteiger partial charge in [0.25, 0.3) is 0 Å². The number of aliphatic hydroxyl groups is 1. The van der Waals surface area contributed by atoms with Crippen LogP contribution in [-0.2, 0) is 19.1 Å².